The van der Waals surface area contributed by atoms with Gasteiger partial charge < -0.3 is 30.3 Å². The molecule has 0 bridgehead atoms. The molecular formula is C19H34N4O4+2. The van der Waals surface area contributed by atoms with E-state index in [4.69, 9.17) is 4.74 Å². The van der Waals surface area contributed by atoms with Crippen LogP contribution in [0.25, 0.3) is 0 Å². The minimum absolute atomic E-state index is 0.0228. The average Bonchev–Trinajstić information content (AvgIpc) is 2.59. The number of hydrogen-bond acceptors (Lipinski definition) is 4. The van der Waals surface area contributed by atoms with Crippen molar-refractivity contribution in [3.63, 3.8) is 0 Å². The van der Waals surface area contributed by atoms with Crippen LogP contribution in [0.4, 0.5) is 0 Å². The first kappa shape index (κ1) is 22.7. The molecule has 8 heteroatoms. The van der Waals surface area contributed by atoms with Gasteiger partial charge in [-0.05, 0) is 24.1 Å². The molecule has 0 atom stereocenters. The number of phenolic OH excluding ortho intramolecular Hbond substituents is 1. The molecular weight excluding hydrogens is 348 g/mol. The minimum atomic E-state index is -0.839. The Balaban J connectivity index is 2.85. The third-order valence-corrected chi connectivity index (χ3v) is 4.17. The molecule has 27 heavy (non-hydrogen) atoms. The predicted molar refractivity (Wildman–Crippen MR) is 103 cm³/mol. The molecule has 0 aliphatic carbocycles. The first-order valence-electron chi connectivity index (χ1n) is 9.24. The summed E-state index contributed by atoms with van der Waals surface area (Å²) in [7, 11) is 9.47. The van der Waals surface area contributed by atoms with E-state index in [9.17, 15) is 14.7 Å². The van der Waals surface area contributed by atoms with E-state index < -0.39 is 5.92 Å². The van der Waals surface area contributed by atoms with Crippen LogP contribution >= 0.6 is 0 Å². The fraction of sp³-hybridized carbons (Fsp3) is 0.579. The molecule has 0 aromatic heterocycles. The summed E-state index contributed by atoms with van der Waals surface area (Å²) < 4.78 is 5.11. The molecule has 0 heterocycles. The Morgan fingerprint density at radius 1 is 1.04 bits per heavy atom. The van der Waals surface area contributed by atoms with Crippen molar-refractivity contribution >= 4 is 11.8 Å². The van der Waals surface area contributed by atoms with Crippen LogP contribution in [0, 0.1) is 5.92 Å². The monoisotopic (exact) mass is 382 g/mol. The lowest BCUT2D eigenvalue weighted by Gasteiger charge is -2.18. The van der Waals surface area contributed by atoms with Crippen LogP contribution in [-0.2, 0) is 16.0 Å². The summed E-state index contributed by atoms with van der Waals surface area (Å²) in [4.78, 5) is 27.7. The largest absolute Gasteiger partial charge is 0.504 e. The van der Waals surface area contributed by atoms with Gasteiger partial charge in [0.2, 0.25) is 11.8 Å². The molecule has 0 unspecified atom stereocenters. The van der Waals surface area contributed by atoms with Crippen molar-refractivity contribution in [1.29, 1.82) is 0 Å². The van der Waals surface area contributed by atoms with Gasteiger partial charge in [-0.2, -0.15) is 0 Å². The lowest BCUT2D eigenvalue weighted by Crippen LogP contribution is -3.06. The van der Waals surface area contributed by atoms with Crippen molar-refractivity contribution in [1.82, 2.24) is 10.6 Å². The van der Waals surface area contributed by atoms with Crippen molar-refractivity contribution in [3.8, 4) is 11.5 Å². The molecule has 1 aromatic rings. The zero-order valence-electron chi connectivity index (χ0n) is 17.0. The van der Waals surface area contributed by atoms with Gasteiger partial charge >= 0.3 is 0 Å². The van der Waals surface area contributed by atoms with E-state index in [0.717, 1.165) is 18.7 Å². The molecule has 0 aliphatic heterocycles. The van der Waals surface area contributed by atoms with E-state index in [1.54, 1.807) is 12.1 Å². The maximum atomic E-state index is 12.6. The van der Waals surface area contributed by atoms with Gasteiger partial charge in [0.15, 0.2) is 11.5 Å². The molecule has 1 aromatic carbocycles. The van der Waals surface area contributed by atoms with E-state index in [0.29, 0.717) is 18.8 Å². The summed E-state index contributed by atoms with van der Waals surface area (Å²) >= 11 is 0. The van der Waals surface area contributed by atoms with Crippen LogP contribution < -0.4 is 25.2 Å². The molecule has 152 valence electrons. The summed E-state index contributed by atoms with van der Waals surface area (Å²) in [5.74, 6) is -1.08. The van der Waals surface area contributed by atoms with Gasteiger partial charge in [0.1, 0.15) is 5.92 Å². The number of quaternary nitrogens is 2. The Labute approximate surface area is 161 Å². The number of ether oxygens (including phenoxy) is 1. The minimum Gasteiger partial charge on any atom is -0.504 e. The maximum absolute atomic E-state index is 12.6. The van der Waals surface area contributed by atoms with Crippen molar-refractivity contribution in [2.75, 3.05) is 61.5 Å². The Kier molecular flexibility index (Phi) is 9.60. The van der Waals surface area contributed by atoms with E-state index in [-0.39, 0.29) is 24.0 Å². The van der Waals surface area contributed by atoms with E-state index in [2.05, 4.69) is 10.6 Å². The molecule has 8 nitrogen and oxygen atoms in total. The van der Waals surface area contributed by atoms with Crippen LogP contribution in [0.3, 0.4) is 0 Å². The molecule has 0 saturated carbocycles. The highest BCUT2D eigenvalue weighted by molar-refractivity contribution is 6.00. The highest BCUT2D eigenvalue weighted by Crippen LogP contribution is 2.27. The number of carbonyl (C=O) groups is 2. The lowest BCUT2D eigenvalue weighted by molar-refractivity contribution is -0.856. The number of aromatic hydroxyl groups is 1. The SMILES string of the molecule is COc1cc(CC(C(=O)NCC[NH+](C)C)C(=O)NCC[NH+](C)C)ccc1O. The molecule has 0 fully saturated rings. The lowest BCUT2D eigenvalue weighted by atomic mass is 9.97. The summed E-state index contributed by atoms with van der Waals surface area (Å²) in [6, 6.07) is 4.85. The average molecular weight is 383 g/mol. The van der Waals surface area contributed by atoms with Crippen LogP contribution in [0.15, 0.2) is 18.2 Å². The van der Waals surface area contributed by atoms with Gasteiger partial charge in [-0.25, -0.2) is 0 Å². The van der Waals surface area contributed by atoms with Gasteiger partial charge in [-0.1, -0.05) is 6.07 Å². The van der Waals surface area contributed by atoms with Gasteiger partial charge in [-0.15, -0.1) is 0 Å². The van der Waals surface area contributed by atoms with Crippen molar-refractivity contribution in [2.45, 2.75) is 6.42 Å². The zero-order chi connectivity index (χ0) is 20.4. The highest BCUT2D eigenvalue weighted by atomic mass is 16.5. The number of hydrogen-bond donors (Lipinski definition) is 5. The summed E-state index contributed by atoms with van der Waals surface area (Å²) in [5, 5.41) is 15.4. The fourth-order valence-electron chi connectivity index (χ4n) is 2.51. The van der Waals surface area contributed by atoms with E-state index in [1.807, 2.05) is 28.2 Å². The van der Waals surface area contributed by atoms with Crippen LogP contribution in [-0.4, -0.2) is 78.4 Å². The number of likely N-dealkylation sites (N-methyl/N-ethyl adjacent to an activating group) is 2. The number of rotatable bonds is 11. The molecule has 0 aliphatic rings. The standard InChI is InChI=1S/C19H32N4O4/c1-22(2)10-8-20-18(25)15(19(26)21-9-11-23(3)4)12-14-6-7-16(24)17(13-14)27-5/h6-7,13,15,24H,8-12H2,1-5H3,(H,20,25)(H,21,26)/p+2. The van der Waals surface area contributed by atoms with Crippen LogP contribution in [0.1, 0.15) is 5.56 Å². The Hall–Kier alpha value is -2.32. The quantitative estimate of drug-likeness (QED) is 0.265. The van der Waals surface area contributed by atoms with Crippen molar-refractivity contribution < 1.29 is 29.2 Å². The summed E-state index contributed by atoms with van der Waals surface area (Å²) in [5.41, 5.74) is 0.747. The van der Waals surface area contributed by atoms with E-state index in [1.165, 1.54) is 23.0 Å². The van der Waals surface area contributed by atoms with Crippen LogP contribution in [0.2, 0.25) is 0 Å². The normalized spacial score (nSPS) is 11.1. The summed E-state index contributed by atoms with van der Waals surface area (Å²) in [6.07, 6.45) is 0.234. The predicted octanol–water partition coefficient (Wildman–Crippen LogP) is -2.92. The van der Waals surface area contributed by atoms with Gasteiger partial charge in [0.25, 0.3) is 0 Å². The molecule has 0 radical (unpaired) electrons. The molecule has 0 spiro atoms. The van der Waals surface area contributed by atoms with Gasteiger partial charge in [0.05, 0.1) is 61.5 Å². The molecule has 1 rings (SSSR count). The summed E-state index contributed by atoms with van der Waals surface area (Å²) in [6.45, 7) is 2.56. The zero-order valence-corrected chi connectivity index (χ0v) is 17.0. The molecule has 5 N–H and O–H groups in total. The molecule has 0 saturated heterocycles. The van der Waals surface area contributed by atoms with Crippen molar-refractivity contribution in [2.24, 2.45) is 5.92 Å². The smallest absolute Gasteiger partial charge is 0.233 e. The topological polar surface area (TPSA) is 96.5 Å². The van der Waals surface area contributed by atoms with Gasteiger partial charge in [-0.3, -0.25) is 9.59 Å². The Morgan fingerprint density at radius 3 is 2.00 bits per heavy atom. The number of nitrogens with one attached hydrogen (secondary N) is 4. The maximum Gasteiger partial charge on any atom is 0.233 e. The first-order valence-corrected chi connectivity index (χ1v) is 9.24. The first-order chi connectivity index (χ1) is 12.7. The van der Waals surface area contributed by atoms with Gasteiger partial charge in [0, 0.05) is 0 Å². The fourth-order valence-corrected chi connectivity index (χ4v) is 2.51. The Morgan fingerprint density at radius 2 is 1.56 bits per heavy atom. The highest BCUT2D eigenvalue weighted by Gasteiger charge is 2.27. The number of amides is 2. The Bertz CT molecular complexity index is 594. The number of carbonyl (C=O) groups excluding carboxylic acids is 2. The third kappa shape index (κ3) is 8.27. The molecule has 2 amide bonds. The van der Waals surface area contributed by atoms with E-state index >= 15 is 0 Å². The second-order valence-electron chi connectivity index (χ2n) is 7.26. The third-order valence-electron chi connectivity index (χ3n) is 4.17. The second-order valence-corrected chi connectivity index (χ2v) is 7.26. The number of benzene rings is 1. The second kappa shape index (κ2) is 11.4. The van der Waals surface area contributed by atoms with Crippen molar-refractivity contribution in [3.05, 3.63) is 23.8 Å². The number of methoxy groups -OCH3 is 1. The number of phenols is 1. The van der Waals surface area contributed by atoms with Crippen LogP contribution in [0.5, 0.6) is 11.5 Å².